The van der Waals surface area contributed by atoms with Crippen LogP contribution in [-0.2, 0) is 9.53 Å². The summed E-state index contributed by atoms with van der Waals surface area (Å²) in [4.78, 5) is 34.6. The molecule has 0 aliphatic heterocycles. The van der Waals surface area contributed by atoms with Crippen LogP contribution in [-0.4, -0.2) is 31.1 Å². The van der Waals surface area contributed by atoms with Gasteiger partial charge in [0.05, 0.1) is 12.7 Å². The van der Waals surface area contributed by atoms with Gasteiger partial charge in [0, 0.05) is 5.69 Å². The first-order chi connectivity index (χ1) is 10.4. The number of carbonyl (C=O) groups excluding carboxylic acids is 3. The van der Waals surface area contributed by atoms with Crippen LogP contribution in [0.5, 0.6) is 0 Å². The van der Waals surface area contributed by atoms with Crippen molar-refractivity contribution in [3.63, 3.8) is 0 Å². The van der Waals surface area contributed by atoms with E-state index in [1.807, 2.05) is 13.8 Å². The molecule has 7 heteroatoms. The lowest BCUT2D eigenvalue weighted by Crippen LogP contribution is -2.49. The summed E-state index contributed by atoms with van der Waals surface area (Å²) < 4.78 is 4.60. The Morgan fingerprint density at radius 3 is 2.27 bits per heavy atom. The third kappa shape index (κ3) is 4.76. The molecule has 0 unspecified atom stereocenters. The Bertz CT molecular complexity index is 542. The van der Waals surface area contributed by atoms with E-state index in [9.17, 15) is 14.4 Å². The van der Waals surface area contributed by atoms with Gasteiger partial charge in [0.15, 0.2) is 0 Å². The highest BCUT2D eigenvalue weighted by Gasteiger charge is 2.25. The molecule has 3 amide bonds. The molecule has 4 N–H and O–H groups in total. The second kappa shape index (κ2) is 8.02. The monoisotopic (exact) mass is 307 g/mol. The van der Waals surface area contributed by atoms with Crippen LogP contribution < -0.4 is 16.4 Å². The van der Waals surface area contributed by atoms with Crippen LogP contribution in [0.2, 0.25) is 0 Å². The Hall–Kier alpha value is -2.57. The van der Waals surface area contributed by atoms with E-state index in [2.05, 4.69) is 15.4 Å². The Morgan fingerprint density at radius 1 is 1.23 bits per heavy atom. The minimum Gasteiger partial charge on any atom is -0.465 e. The quantitative estimate of drug-likeness (QED) is 0.691. The Morgan fingerprint density at radius 2 is 1.82 bits per heavy atom. The number of hydrogen-bond donors (Lipinski definition) is 3. The van der Waals surface area contributed by atoms with E-state index in [1.54, 1.807) is 24.3 Å². The van der Waals surface area contributed by atoms with Gasteiger partial charge >= 0.3 is 12.0 Å². The second-order valence-electron chi connectivity index (χ2n) is 4.93. The first-order valence-corrected chi connectivity index (χ1v) is 6.94. The van der Waals surface area contributed by atoms with E-state index in [-0.39, 0.29) is 11.8 Å². The van der Waals surface area contributed by atoms with E-state index in [1.165, 1.54) is 7.11 Å². The normalized spacial score (nSPS) is 12.9. The van der Waals surface area contributed by atoms with Gasteiger partial charge in [-0.15, -0.1) is 0 Å². The summed E-state index contributed by atoms with van der Waals surface area (Å²) in [5.41, 5.74) is 6.00. The number of primary amides is 1. The van der Waals surface area contributed by atoms with Crippen molar-refractivity contribution in [1.82, 2.24) is 5.32 Å². The van der Waals surface area contributed by atoms with Gasteiger partial charge in [0.1, 0.15) is 6.04 Å². The summed E-state index contributed by atoms with van der Waals surface area (Å²) in [5, 5.41) is 5.13. The van der Waals surface area contributed by atoms with Crippen LogP contribution in [0.4, 0.5) is 10.5 Å². The van der Waals surface area contributed by atoms with Gasteiger partial charge in [-0.1, -0.05) is 20.3 Å². The molecule has 0 saturated carbocycles. The van der Waals surface area contributed by atoms with Crippen LogP contribution in [0.25, 0.3) is 0 Å². The molecule has 0 aliphatic carbocycles. The lowest BCUT2D eigenvalue weighted by Gasteiger charge is -2.22. The number of amides is 3. The van der Waals surface area contributed by atoms with Crippen LogP contribution in [0.3, 0.4) is 0 Å². The van der Waals surface area contributed by atoms with E-state index < -0.39 is 18.0 Å². The predicted molar refractivity (Wildman–Crippen MR) is 82.4 cm³/mol. The van der Waals surface area contributed by atoms with Crippen LogP contribution in [0, 0.1) is 5.92 Å². The standard InChI is InChI=1S/C15H21N3O4/c1-4-9(2)12(18-15(16)21)13(19)17-11-7-5-10(6-8-11)14(20)22-3/h5-9,12H,4H2,1-3H3,(H,17,19)(H3,16,18,21)/t9-,12+/m1/s1. The molecule has 1 aromatic carbocycles. The zero-order chi connectivity index (χ0) is 16.7. The van der Waals surface area contributed by atoms with Gasteiger partial charge in [-0.2, -0.15) is 0 Å². The molecule has 7 nitrogen and oxygen atoms in total. The first-order valence-electron chi connectivity index (χ1n) is 6.94. The molecule has 0 saturated heterocycles. The van der Waals surface area contributed by atoms with Gasteiger partial charge in [-0.3, -0.25) is 4.79 Å². The number of ether oxygens (including phenoxy) is 1. The third-order valence-electron chi connectivity index (χ3n) is 3.37. The van der Waals surface area contributed by atoms with Crippen molar-refractivity contribution in [2.45, 2.75) is 26.3 Å². The number of hydrogen-bond acceptors (Lipinski definition) is 4. The van der Waals surface area contributed by atoms with Crippen molar-refractivity contribution >= 4 is 23.6 Å². The molecular weight excluding hydrogens is 286 g/mol. The molecule has 0 radical (unpaired) electrons. The number of nitrogens with two attached hydrogens (primary N) is 1. The van der Waals surface area contributed by atoms with Crippen molar-refractivity contribution in [1.29, 1.82) is 0 Å². The van der Waals surface area contributed by atoms with Crippen LogP contribution in [0.1, 0.15) is 30.6 Å². The van der Waals surface area contributed by atoms with Crippen LogP contribution in [0.15, 0.2) is 24.3 Å². The first kappa shape index (κ1) is 17.5. The Kier molecular flexibility index (Phi) is 6.37. The van der Waals surface area contributed by atoms with Crippen molar-refractivity contribution in [3.05, 3.63) is 29.8 Å². The summed E-state index contributed by atoms with van der Waals surface area (Å²) in [6.07, 6.45) is 0.708. The maximum atomic E-state index is 12.3. The number of anilines is 1. The molecule has 0 spiro atoms. The molecule has 2 atom stereocenters. The van der Waals surface area contributed by atoms with E-state index in [4.69, 9.17) is 5.73 Å². The zero-order valence-corrected chi connectivity index (χ0v) is 12.9. The van der Waals surface area contributed by atoms with Gasteiger partial charge in [-0.05, 0) is 30.2 Å². The molecule has 0 aromatic heterocycles. The fraction of sp³-hybridized carbons (Fsp3) is 0.400. The van der Waals surface area contributed by atoms with Gasteiger partial charge in [-0.25, -0.2) is 9.59 Å². The molecule has 22 heavy (non-hydrogen) atoms. The molecular formula is C15H21N3O4. The van der Waals surface area contributed by atoms with E-state index in [0.717, 1.165) is 0 Å². The summed E-state index contributed by atoms with van der Waals surface area (Å²) in [5.74, 6) is -0.883. The summed E-state index contributed by atoms with van der Waals surface area (Å²) in [6.45, 7) is 3.76. The van der Waals surface area contributed by atoms with Crippen LogP contribution >= 0.6 is 0 Å². The van der Waals surface area contributed by atoms with Crippen molar-refractivity contribution < 1.29 is 19.1 Å². The molecule has 1 aromatic rings. The van der Waals surface area contributed by atoms with Crippen molar-refractivity contribution in [3.8, 4) is 0 Å². The predicted octanol–water partition coefficient (Wildman–Crippen LogP) is 1.49. The third-order valence-corrected chi connectivity index (χ3v) is 3.37. The SMILES string of the molecule is CC[C@@H](C)[C@H](NC(N)=O)C(=O)Nc1ccc(C(=O)OC)cc1. The smallest absolute Gasteiger partial charge is 0.337 e. The minimum atomic E-state index is -0.749. The van der Waals surface area contributed by atoms with E-state index >= 15 is 0 Å². The molecule has 1 rings (SSSR count). The minimum absolute atomic E-state index is 0.0677. The summed E-state index contributed by atoms with van der Waals surface area (Å²) in [7, 11) is 1.30. The lowest BCUT2D eigenvalue weighted by atomic mass is 9.98. The summed E-state index contributed by atoms with van der Waals surface area (Å²) in [6, 6.07) is 4.79. The molecule has 0 aliphatic rings. The number of urea groups is 1. The average molecular weight is 307 g/mol. The second-order valence-corrected chi connectivity index (χ2v) is 4.93. The largest absolute Gasteiger partial charge is 0.465 e. The lowest BCUT2D eigenvalue weighted by molar-refractivity contribution is -0.119. The molecule has 0 bridgehead atoms. The van der Waals surface area contributed by atoms with E-state index in [0.29, 0.717) is 17.7 Å². The average Bonchev–Trinajstić information content (AvgIpc) is 2.51. The number of rotatable bonds is 6. The van der Waals surface area contributed by atoms with Crippen molar-refractivity contribution in [2.24, 2.45) is 11.7 Å². The maximum Gasteiger partial charge on any atom is 0.337 e. The number of benzene rings is 1. The highest BCUT2D eigenvalue weighted by molar-refractivity contribution is 5.97. The Labute approximate surface area is 129 Å². The molecule has 120 valence electrons. The van der Waals surface area contributed by atoms with Gasteiger partial charge in [0.25, 0.3) is 0 Å². The van der Waals surface area contributed by atoms with Gasteiger partial charge < -0.3 is 21.1 Å². The summed E-state index contributed by atoms with van der Waals surface area (Å²) >= 11 is 0. The Balaban J connectivity index is 2.80. The maximum absolute atomic E-state index is 12.3. The molecule has 0 fully saturated rings. The fourth-order valence-electron chi connectivity index (χ4n) is 1.88. The highest BCUT2D eigenvalue weighted by atomic mass is 16.5. The number of methoxy groups -OCH3 is 1. The van der Waals surface area contributed by atoms with Gasteiger partial charge in [0.2, 0.25) is 5.91 Å². The highest BCUT2D eigenvalue weighted by Crippen LogP contribution is 2.14. The topological polar surface area (TPSA) is 111 Å². The number of nitrogens with one attached hydrogen (secondary N) is 2. The zero-order valence-electron chi connectivity index (χ0n) is 12.9. The number of carbonyl (C=O) groups is 3. The fourth-order valence-corrected chi connectivity index (χ4v) is 1.88. The van der Waals surface area contributed by atoms with Crippen molar-refractivity contribution in [2.75, 3.05) is 12.4 Å². The molecule has 0 heterocycles. The number of esters is 1.